The lowest BCUT2D eigenvalue weighted by Gasteiger charge is -2.34. The number of nitrogens with zero attached hydrogens (tertiary/aromatic N) is 2. The molecule has 1 fully saturated rings. The summed E-state index contributed by atoms with van der Waals surface area (Å²) < 4.78 is 67.0. The van der Waals surface area contributed by atoms with Gasteiger partial charge in [-0.15, -0.1) is 0 Å². The first-order chi connectivity index (χ1) is 14.1. The highest BCUT2D eigenvalue weighted by Gasteiger charge is 2.31. The van der Waals surface area contributed by atoms with Crippen molar-refractivity contribution in [1.29, 1.82) is 0 Å². The zero-order valence-corrected chi connectivity index (χ0v) is 17.6. The average molecular weight is 440 g/mol. The number of piperazine rings is 1. The second-order valence-corrected chi connectivity index (χ2v) is 9.27. The van der Waals surface area contributed by atoms with E-state index in [0.717, 1.165) is 12.0 Å². The summed E-state index contributed by atoms with van der Waals surface area (Å²) >= 11 is 0. The Labute approximate surface area is 174 Å². The van der Waals surface area contributed by atoms with Gasteiger partial charge in [0.15, 0.2) is 17.5 Å². The van der Waals surface area contributed by atoms with Crippen molar-refractivity contribution in [3.63, 3.8) is 0 Å². The molecule has 2 aromatic rings. The van der Waals surface area contributed by atoms with Crippen LogP contribution >= 0.6 is 0 Å². The summed E-state index contributed by atoms with van der Waals surface area (Å²) in [5.41, 5.74) is 0.744. The van der Waals surface area contributed by atoms with Crippen molar-refractivity contribution in [2.75, 3.05) is 26.2 Å². The van der Waals surface area contributed by atoms with Crippen molar-refractivity contribution in [1.82, 2.24) is 9.21 Å². The maximum Gasteiger partial charge on any atom is 0.254 e. The van der Waals surface area contributed by atoms with E-state index in [2.05, 4.69) is 13.8 Å². The number of hydrogen-bond donors (Lipinski definition) is 0. The molecule has 30 heavy (non-hydrogen) atoms. The minimum Gasteiger partial charge on any atom is -0.336 e. The van der Waals surface area contributed by atoms with E-state index in [0.29, 0.717) is 18.1 Å². The van der Waals surface area contributed by atoms with E-state index in [9.17, 15) is 26.4 Å². The Hall–Kier alpha value is -2.39. The average Bonchev–Trinajstić information content (AvgIpc) is 2.76. The first kappa shape index (κ1) is 22.3. The van der Waals surface area contributed by atoms with Crippen LogP contribution in [-0.4, -0.2) is 49.7 Å². The molecule has 1 amide bonds. The van der Waals surface area contributed by atoms with Gasteiger partial charge in [-0.3, -0.25) is 4.79 Å². The molecule has 162 valence electrons. The summed E-state index contributed by atoms with van der Waals surface area (Å²) in [5.74, 6) is -4.87. The summed E-state index contributed by atoms with van der Waals surface area (Å²) in [5, 5.41) is 0. The Morgan fingerprint density at radius 3 is 2.03 bits per heavy atom. The molecular formula is C21H23F3N2O3S. The maximum absolute atomic E-state index is 13.4. The maximum atomic E-state index is 13.4. The lowest BCUT2D eigenvalue weighted by Crippen LogP contribution is -2.50. The Balaban J connectivity index is 1.69. The largest absolute Gasteiger partial charge is 0.336 e. The number of sulfonamides is 1. The van der Waals surface area contributed by atoms with E-state index in [1.807, 2.05) is 0 Å². The van der Waals surface area contributed by atoms with Crippen molar-refractivity contribution < 1.29 is 26.4 Å². The fraction of sp³-hybridized carbons (Fsp3) is 0.381. The second-order valence-electron chi connectivity index (χ2n) is 7.33. The van der Waals surface area contributed by atoms with Gasteiger partial charge in [0.1, 0.15) is 0 Å². The molecule has 1 aliphatic rings. The van der Waals surface area contributed by atoms with Gasteiger partial charge >= 0.3 is 0 Å². The molecule has 1 aliphatic heterocycles. The molecule has 1 heterocycles. The first-order valence-corrected chi connectivity index (χ1v) is 11.1. The van der Waals surface area contributed by atoms with Crippen molar-refractivity contribution >= 4 is 15.9 Å². The number of benzene rings is 2. The van der Waals surface area contributed by atoms with Gasteiger partial charge in [-0.2, -0.15) is 4.31 Å². The van der Waals surface area contributed by atoms with Crippen molar-refractivity contribution in [3.8, 4) is 0 Å². The first-order valence-electron chi connectivity index (χ1n) is 9.69. The molecule has 1 saturated heterocycles. The summed E-state index contributed by atoms with van der Waals surface area (Å²) in [6.07, 6.45) is 0.948. The molecule has 1 atom stereocenters. The Bertz CT molecular complexity index is 1010. The van der Waals surface area contributed by atoms with Crippen molar-refractivity contribution in [2.45, 2.75) is 31.1 Å². The summed E-state index contributed by atoms with van der Waals surface area (Å²) in [6, 6.07) is 8.05. The third-order valence-electron chi connectivity index (χ3n) is 5.46. The van der Waals surface area contributed by atoms with Crippen LogP contribution in [0.5, 0.6) is 0 Å². The van der Waals surface area contributed by atoms with Gasteiger partial charge in [-0.05, 0) is 42.2 Å². The van der Waals surface area contributed by atoms with Crippen LogP contribution < -0.4 is 0 Å². The monoisotopic (exact) mass is 440 g/mol. The standard InChI is InChI=1S/C21H23F3N2O3S/c1-3-14(2)15-4-6-17(7-5-15)30(28,29)26-10-8-25(9-11-26)21(27)16-12-18(22)20(24)19(23)13-16/h4-7,12-14H,3,8-11H2,1-2H3. The highest BCUT2D eigenvalue weighted by molar-refractivity contribution is 7.89. The highest BCUT2D eigenvalue weighted by atomic mass is 32.2. The van der Waals surface area contributed by atoms with E-state index >= 15 is 0 Å². The van der Waals surface area contributed by atoms with E-state index in [1.54, 1.807) is 24.3 Å². The SMILES string of the molecule is CCC(C)c1ccc(S(=O)(=O)N2CCN(C(=O)c3cc(F)c(F)c(F)c3)CC2)cc1. The zero-order valence-electron chi connectivity index (χ0n) is 16.7. The van der Waals surface area contributed by atoms with E-state index < -0.39 is 33.4 Å². The predicted molar refractivity (Wildman–Crippen MR) is 106 cm³/mol. The van der Waals surface area contributed by atoms with E-state index in [4.69, 9.17) is 0 Å². The summed E-state index contributed by atoms with van der Waals surface area (Å²) in [6.45, 7) is 4.34. The number of carbonyl (C=O) groups excluding carboxylic acids is 1. The van der Waals surface area contributed by atoms with E-state index in [-0.39, 0.29) is 36.6 Å². The summed E-state index contributed by atoms with van der Waals surface area (Å²) in [4.78, 5) is 13.9. The second kappa shape index (κ2) is 8.77. The van der Waals surface area contributed by atoms with Gasteiger partial charge in [-0.1, -0.05) is 26.0 Å². The third-order valence-corrected chi connectivity index (χ3v) is 7.37. The van der Waals surface area contributed by atoms with Gasteiger partial charge in [0, 0.05) is 31.7 Å². The molecule has 0 bridgehead atoms. The minimum absolute atomic E-state index is 0.0490. The fourth-order valence-electron chi connectivity index (χ4n) is 3.35. The van der Waals surface area contributed by atoms with Crippen molar-refractivity contribution in [3.05, 3.63) is 65.0 Å². The van der Waals surface area contributed by atoms with Crippen molar-refractivity contribution in [2.24, 2.45) is 0 Å². The molecule has 2 aromatic carbocycles. The topological polar surface area (TPSA) is 57.7 Å². The lowest BCUT2D eigenvalue weighted by atomic mass is 9.99. The van der Waals surface area contributed by atoms with Crippen LogP contribution in [-0.2, 0) is 10.0 Å². The molecule has 0 saturated carbocycles. The quantitative estimate of drug-likeness (QED) is 0.666. The molecule has 0 spiro atoms. The zero-order chi connectivity index (χ0) is 22.1. The molecule has 0 aromatic heterocycles. The smallest absolute Gasteiger partial charge is 0.254 e. The molecule has 9 heteroatoms. The van der Waals surface area contributed by atoms with Crippen LogP contribution in [0.2, 0.25) is 0 Å². The molecule has 0 radical (unpaired) electrons. The van der Waals surface area contributed by atoms with Gasteiger partial charge in [0.2, 0.25) is 10.0 Å². The third kappa shape index (κ3) is 4.37. The molecule has 0 aliphatic carbocycles. The normalized spacial score (nSPS) is 16.5. The van der Waals surface area contributed by atoms with Gasteiger partial charge in [0.05, 0.1) is 4.90 Å². The number of hydrogen-bond acceptors (Lipinski definition) is 3. The molecule has 0 N–H and O–H groups in total. The van der Waals surface area contributed by atoms with Gasteiger partial charge < -0.3 is 4.90 Å². The van der Waals surface area contributed by atoms with Crippen LogP contribution in [0.4, 0.5) is 13.2 Å². The summed E-state index contributed by atoms with van der Waals surface area (Å²) in [7, 11) is -3.72. The van der Waals surface area contributed by atoms with Crippen LogP contribution in [0.1, 0.15) is 42.1 Å². The number of halogens is 3. The highest BCUT2D eigenvalue weighted by Crippen LogP contribution is 2.23. The molecule has 5 nitrogen and oxygen atoms in total. The Kier molecular flexibility index (Phi) is 6.52. The Morgan fingerprint density at radius 1 is 1.00 bits per heavy atom. The van der Waals surface area contributed by atoms with Gasteiger partial charge in [0.25, 0.3) is 5.91 Å². The van der Waals surface area contributed by atoms with E-state index in [1.165, 1.54) is 9.21 Å². The number of rotatable bonds is 5. The van der Waals surface area contributed by atoms with Crippen LogP contribution in [0, 0.1) is 17.5 Å². The molecular weight excluding hydrogens is 417 g/mol. The molecule has 1 unspecified atom stereocenters. The number of carbonyl (C=O) groups is 1. The number of amides is 1. The van der Waals surface area contributed by atoms with Gasteiger partial charge in [-0.25, -0.2) is 21.6 Å². The minimum atomic E-state index is -3.72. The fourth-order valence-corrected chi connectivity index (χ4v) is 4.77. The predicted octanol–water partition coefficient (Wildman–Crippen LogP) is 3.76. The Morgan fingerprint density at radius 2 is 1.53 bits per heavy atom. The van der Waals surface area contributed by atoms with Crippen LogP contribution in [0.3, 0.4) is 0 Å². The lowest BCUT2D eigenvalue weighted by molar-refractivity contribution is 0.0696. The van der Waals surface area contributed by atoms with Crippen LogP contribution in [0.15, 0.2) is 41.3 Å². The molecule has 3 rings (SSSR count). The van der Waals surface area contributed by atoms with Crippen LogP contribution in [0.25, 0.3) is 0 Å².